The van der Waals surface area contributed by atoms with Gasteiger partial charge in [-0.1, -0.05) is 13.3 Å². The highest BCUT2D eigenvalue weighted by atomic mass is 19.4. The lowest BCUT2D eigenvalue weighted by atomic mass is 10.1. The van der Waals surface area contributed by atoms with Crippen LogP contribution in [-0.4, -0.2) is 17.4 Å². The van der Waals surface area contributed by atoms with Crippen LogP contribution in [0.3, 0.4) is 0 Å². The van der Waals surface area contributed by atoms with Gasteiger partial charge in [-0.15, -0.1) is 0 Å². The molecule has 0 saturated carbocycles. The van der Waals surface area contributed by atoms with E-state index in [0.29, 0.717) is 19.0 Å². The number of hydrogen-bond acceptors (Lipinski definition) is 3. The van der Waals surface area contributed by atoms with E-state index in [0.717, 1.165) is 12.8 Å². The Labute approximate surface area is 172 Å². The minimum Gasteiger partial charge on any atom is -0.352 e. The summed E-state index contributed by atoms with van der Waals surface area (Å²) in [6.07, 6.45) is -3.54. The Balaban J connectivity index is 0.000000311. The normalized spacial score (nSPS) is 10.9. The Morgan fingerprint density at radius 3 is 1.87 bits per heavy atom. The van der Waals surface area contributed by atoms with Crippen molar-refractivity contribution in [1.29, 1.82) is 0 Å². The second-order valence-electron chi connectivity index (χ2n) is 6.17. The Kier molecular flexibility index (Phi) is 8.95. The van der Waals surface area contributed by atoms with Gasteiger partial charge in [0.25, 0.3) is 11.6 Å². The highest BCUT2D eigenvalue weighted by Gasteiger charge is 2.41. The SMILES string of the molecule is CCCCNC(=O)c1ccc([N+](=O)[O-])cc1.Cc1c(F)c(F)c(C(F)(F)F)c(F)c1F. The van der Waals surface area contributed by atoms with Crippen LogP contribution in [0.25, 0.3) is 0 Å². The number of non-ortho nitro benzene ring substituents is 1. The molecule has 0 aliphatic heterocycles. The fourth-order valence-electron chi connectivity index (χ4n) is 2.21. The van der Waals surface area contributed by atoms with E-state index in [1.54, 1.807) is 0 Å². The molecule has 0 unspecified atom stereocenters. The average molecular weight is 454 g/mol. The second kappa shape index (κ2) is 10.7. The predicted molar refractivity (Wildman–Crippen MR) is 96.4 cm³/mol. The van der Waals surface area contributed by atoms with Gasteiger partial charge >= 0.3 is 6.18 Å². The molecule has 0 spiro atoms. The van der Waals surface area contributed by atoms with Crippen molar-refractivity contribution in [2.45, 2.75) is 32.9 Å². The lowest BCUT2D eigenvalue weighted by Gasteiger charge is -2.11. The molecule has 0 fully saturated rings. The third-order valence-corrected chi connectivity index (χ3v) is 3.92. The van der Waals surface area contributed by atoms with Crippen molar-refractivity contribution in [3.8, 4) is 0 Å². The highest BCUT2D eigenvalue weighted by Crippen LogP contribution is 2.36. The van der Waals surface area contributed by atoms with Gasteiger partial charge in [-0.05, 0) is 25.5 Å². The molecular formula is C19H17F7N2O3. The van der Waals surface area contributed by atoms with E-state index in [1.807, 2.05) is 6.92 Å². The maximum absolute atomic E-state index is 12.7. The Bertz CT molecular complexity index is 916. The molecule has 0 bridgehead atoms. The zero-order valence-corrected chi connectivity index (χ0v) is 16.2. The lowest BCUT2D eigenvalue weighted by Crippen LogP contribution is -2.24. The number of carbonyl (C=O) groups excluding carboxylic acids is 1. The number of hydrogen-bond donors (Lipinski definition) is 1. The van der Waals surface area contributed by atoms with Crippen molar-refractivity contribution in [3.05, 3.63) is 74.3 Å². The van der Waals surface area contributed by atoms with Gasteiger partial charge in [0.15, 0.2) is 23.3 Å². The summed E-state index contributed by atoms with van der Waals surface area (Å²) in [6.45, 7) is 3.31. The number of benzene rings is 2. The molecule has 0 atom stereocenters. The number of rotatable bonds is 5. The van der Waals surface area contributed by atoms with Crippen LogP contribution in [0, 0.1) is 40.3 Å². The van der Waals surface area contributed by atoms with Gasteiger partial charge in [0, 0.05) is 29.8 Å². The molecule has 5 nitrogen and oxygen atoms in total. The zero-order chi connectivity index (χ0) is 23.9. The van der Waals surface area contributed by atoms with Gasteiger partial charge < -0.3 is 5.32 Å². The van der Waals surface area contributed by atoms with Crippen LogP contribution in [0.5, 0.6) is 0 Å². The summed E-state index contributed by atoms with van der Waals surface area (Å²) in [6, 6.07) is 5.57. The van der Waals surface area contributed by atoms with Gasteiger partial charge in [0.05, 0.1) is 4.92 Å². The molecule has 1 N–H and O–H groups in total. The van der Waals surface area contributed by atoms with Crippen molar-refractivity contribution >= 4 is 11.6 Å². The average Bonchev–Trinajstić information content (AvgIpc) is 2.70. The Morgan fingerprint density at radius 2 is 1.48 bits per heavy atom. The quantitative estimate of drug-likeness (QED) is 0.207. The van der Waals surface area contributed by atoms with Crippen molar-refractivity contribution in [3.63, 3.8) is 0 Å². The molecule has 0 saturated heterocycles. The first-order valence-corrected chi connectivity index (χ1v) is 8.75. The van der Waals surface area contributed by atoms with Gasteiger partial charge in [-0.2, -0.15) is 13.2 Å². The van der Waals surface area contributed by atoms with E-state index in [-0.39, 0.29) is 11.6 Å². The van der Waals surface area contributed by atoms with E-state index in [2.05, 4.69) is 5.32 Å². The van der Waals surface area contributed by atoms with Crippen LogP contribution in [-0.2, 0) is 6.18 Å². The van der Waals surface area contributed by atoms with Crippen molar-refractivity contribution in [2.75, 3.05) is 6.54 Å². The van der Waals surface area contributed by atoms with Crippen LogP contribution in [0.4, 0.5) is 36.4 Å². The molecular weight excluding hydrogens is 437 g/mol. The number of amides is 1. The Hall–Kier alpha value is -3.18. The molecule has 0 aliphatic rings. The number of nitro groups is 1. The van der Waals surface area contributed by atoms with Crippen molar-refractivity contribution in [1.82, 2.24) is 5.32 Å². The van der Waals surface area contributed by atoms with Crippen molar-refractivity contribution < 1.29 is 40.5 Å². The van der Waals surface area contributed by atoms with E-state index in [4.69, 9.17) is 0 Å². The largest absolute Gasteiger partial charge is 0.422 e. The summed E-state index contributed by atoms with van der Waals surface area (Å²) in [4.78, 5) is 21.4. The first-order valence-electron chi connectivity index (χ1n) is 8.75. The Morgan fingerprint density at radius 1 is 1.00 bits per heavy atom. The number of halogens is 7. The molecule has 170 valence electrons. The van der Waals surface area contributed by atoms with Crippen molar-refractivity contribution in [2.24, 2.45) is 0 Å². The van der Waals surface area contributed by atoms with E-state index < -0.39 is 45.5 Å². The molecule has 0 aliphatic carbocycles. The van der Waals surface area contributed by atoms with Gasteiger partial charge in [-0.25, -0.2) is 17.6 Å². The van der Waals surface area contributed by atoms with Crippen LogP contribution in [0.15, 0.2) is 24.3 Å². The van der Waals surface area contributed by atoms with Gasteiger partial charge in [0.2, 0.25) is 0 Å². The summed E-state index contributed by atoms with van der Waals surface area (Å²) >= 11 is 0. The standard InChI is InChI=1S/C11H14N2O3.C8H3F7/c1-2-3-8-12-11(14)9-4-6-10(7-5-9)13(15)16;1-2-4(9)6(11)3(8(13,14)15)7(12)5(2)10/h4-7H,2-3,8H2,1H3,(H,12,14);1H3. The molecule has 0 aromatic heterocycles. The first kappa shape index (κ1) is 25.9. The topological polar surface area (TPSA) is 72.2 Å². The number of nitro benzene ring substituents is 1. The van der Waals surface area contributed by atoms with Gasteiger partial charge in [-0.3, -0.25) is 14.9 Å². The molecule has 1 amide bonds. The smallest absolute Gasteiger partial charge is 0.352 e. The number of nitrogens with one attached hydrogen (secondary N) is 1. The van der Waals surface area contributed by atoms with E-state index in [9.17, 15) is 45.6 Å². The number of alkyl halides is 3. The maximum Gasteiger partial charge on any atom is 0.422 e. The van der Waals surface area contributed by atoms with Crippen LogP contribution in [0.2, 0.25) is 0 Å². The lowest BCUT2D eigenvalue weighted by molar-refractivity contribution is -0.384. The molecule has 0 radical (unpaired) electrons. The first-order chi connectivity index (χ1) is 14.3. The highest BCUT2D eigenvalue weighted by molar-refractivity contribution is 5.94. The fraction of sp³-hybridized carbons (Fsp3) is 0.316. The predicted octanol–water partition coefficient (Wildman–Crippen LogP) is 5.69. The third-order valence-electron chi connectivity index (χ3n) is 3.92. The summed E-state index contributed by atoms with van der Waals surface area (Å²) in [5, 5.41) is 13.1. The number of nitrogens with zero attached hydrogens (tertiary/aromatic N) is 1. The van der Waals surface area contributed by atoms with E-state index in [1.165, 1.54) is 24.3 Å². The zero-order valence-electron chi connectivity index (χ0n) is 16.2. The third kappa shape index (κ3) is 6.66. The van der Waals surface area contributed by atoms with Crippen LogP contribution >= 0.6 is 0 Å². The summed E-state index contributed by atoms with van der Waals surface area (Å²) in [5.41, 5.74) is -3.24. The summed E-state index contributed by atoms with van der Waals surface area (Å²) in [5.74, 6) is -9.14. The monoisotopic (exact) mass is 454 g/mol. The second-order valence-corrected chi connectivity index (χ2v) is 6.17. The number of unbranched alkanes of at least 4 members (excludes halogenated alkanes) is 1. The fourth-order valence-corrected chi connectivity index (χ4v) is 2.21. The maximum atomic E-state index is 12.7. The van der Waals surface area contributed by atoms with Crippen LogP contribution < -0.4 is 5.32 Å². The van der Waals surface area contributed by atoms with E-state index >= 15 is 0 Å². The minimum absolute atomic E-state index is 0.00916. The summed E-state index contributed by atoms with van der Waals surface area (Å²) in [7, 11) is 0. The molecule has 2 aromatic carbocycles. The van der Waals surface area contributed by atoms with Gasteiger partial charge in [0.1, 0.15) is 5.56 Å². The minimum atomic E-state index is -5.48. The molecule has 31 heavy (non-hydrogen) atoms. The summed E-state index contributed by atoms with van der Waals surface area (Å²) < 4.78 is 86.7. The molecule has 0 heterocycles. The molecule has 2 aromatic rings. The molecule has 12 heteroatoms. The molecule has 2 rings (SSSR count). The number of carbonyl (C=O) groups is 1. The van der Waals surface area contributed by atoms with Crippen LogP contribution in [0.1, 0.15) is 41.3 Å².